The van der Waals surface area contributed by atoms with Gasteiger partial charge >= 0.3 is 0 Å². The molecule has 0 unspecified atom stereocenters. The molecule has 0 radical (unpaired) electrons. The van der Waals surface area contributed by atoms with Crippen LogP contribution in [-0.4, -0.2) is 31.9 Å². The third-order valence-electron chi connectivity index (χ3n) is 5.43. The van der Waals surface area contributed by atoms with Crippen LogP contribution in [0.1, 0.15) is 28.5 Å². The first kappa shape index (κ1) is 17.6. The van der Waals surface area contributed by atoms with Crippen LogP contribution in [0, 0.1) is 0 Å². The highest BCUT2D eigenvalue weighted by molar-refractivity contribution is 5.93. The number of carbonyl (C=O) groups excluding carboxylic acids is 1. The van der Waals surface area contributed by atoms with E-state index in [4.69, 9.17) is 4.42 Å². The van der Waals surface area contributed by atoms with Gasteiger partial charge in [0.05, 0.1) is 23.0 Å². The van der Waals surface area contributed by atoms with Gasteiger partial charge in [-0.1, -0.05) is 18.2 Å². The second-order valence-electron chi connectivity index (χ2n) is 7.34. The molecule has 0 aliphatic carbocycles. The molecule has 1 aromatic carbocycles. The molecule has 0 atom stereocenters. The minimum Gasteiger partial charge on any atom is -0.461 e. The van der Waals surface area contributed by atoms with Gasteiger partial charge in [-0.05, 0) is 23.8 Å². The highest BCUT2D eigenvalue weighted by atomic mass is 16.3. The molecular weight excluding hydrogens is 368 g/mol. The van der Waals surface area contributed by atoms with Crippen molar-refractivity contribution in [3.63, 3.8) is 0 Å². The van der Waals surface area contributed by atoms with Crippen molar-refractivity contribution in [3.05, 3.63) is 76.0 Å². The molecule has 1 aliphatic heterocycles. The molecule has 0 bridgehead atoms. The Labute approximate surface area is 166 Å². The summed E-state index contributed by atoms with van der Waals surface area (Å²) in [5.41, 5.74) is 3.38. The Hall–Kier alpha value is -3.45. The normalized spacial score (nSPS) is 14.2. The molecule has 5 rings (SSSR count). The Bertz CT molecular complexity index is 1270. The number of nitrogens with one attached hydrogen (secondary N) is 1. The number of benzene rings is 1. The maximum absolute atomic E-state index is 12.7. The third-order valence-corrected chi connectivity index (χ3v) is 5.43. The fourth-order valence-electron chi connectivity index (χ4n) is 4.02. The van der Waals surface area contributed by atoms with Crippen LogP contribution < -0.4 is 5.56 Å². The van der Waals surface area contributed by atoms with Gasteiger partial charge in [0.15, 0.2) is 11.6 Å². The number of nitrogens with zero attached hydrogens (tertiary/aromatic N) is 3. The molecule has 0 fully saturated rings. The number of aromatic nitrogens is 3. The summed E-state index contributed by atoms with van der Waals surface area (Å²) in [7, 11) is 0. The first-order valence-electron chi connectivity index (χ1n) is 9.58. The zero-order valence-electron chi connectivity index (χ0n) is 16.0. The summed E-state index contributed by atoms with van der Waals surface area (Å²) in [6, 6.07) is 11.5. The van der Waals surface area contributed by atoms with Crippen molar-refractivity contribution in [2.24, 2.45) is 0 Å². The van der Waals surface area contributed by atoms with Crippen LogP contribution in [0.5, 0.6) is 0 Å². The first-order chi connectivity index (χ1) is 14.1. The van der Waals surface area contributed by atoms with Crippen molar-refractivity contribution in [1.82, 2.24) is 19.4 Å². The predicted molar refractivity (Wildman–Crippen MR) is 109 cm³/mol. The van der Waals surface area contributed by atoms with Crippen LogP contribution in [-0.2, 0) is 19.5 Å². The van der Waals surface area contributed by atoms with E-state index in [1.54, 1.807) is 29.9 Å². The fraction of sp³-hybridized carbons (Fsp3) is 0.227. The standard InChI is InChI=1S/C22H20N4O3/c1-14(27)26-12-15(16-5-2-3-6-19(16)26)11-25-9-8-18-17(13-25)22(28)24-21(23-18)20-7-4-10-29-20/h2-7,10,12H,8-9,11,13H2,1H3,(H,23,24,28). The Morgan fingerprint density at radius 1 is 1.24 bits per heavy atom. The lowest BCUT2D eigenvalue weighted by molar-refractivity contribution is 0.0941. The number of fused-ring (bicyclic) bond motifs is 2. The summed E-state index contributed by atoms with van der Waals surface area (Å²) < 4.78 is 7.04. The highest BCUT2D eigenvalue weighted by Crippen LogP contribution is 2.25. The lowest BCUT2D eigenvalue weighted by atomic mass is 10.1. The number of aromatic amines is 1. The molecule has 0 saturated carbocycles. The monoisotopic (exact) mass is 388 g/mol. The lowest BCUT2D eigenvalue weighted by Crippen LogP contribution is -2.35. The summed E-state index contributed by atoms with van der Waals surface area (Å²) in [5, 5.41) is 1.06. The van der Waals surface area contributed by atoms with Gasteiger partial charge in [-0.25, -0.2) is 4.98 Å². The van der Waals surface area contributed by atoms with E-state index in [0.717, 1.165) is 28.7 Å². The average Bonchev–Trinajstić information content (AvgIpc) is 3.37. The first-order valence-corrected chi connectivity index (χ1v) is 9.58. The molecule has 7 heteroatoms. The Kier molecular flexibility index (Phi) is 4.17. The zero-order valence-corrected chi connectivity index (χ0v) is 16.0. The molecule has 0 amide bonds. The minimum absolute atomic E-state index is 0.0115. The molecule has 146 valence electrons. The van der Waals surface area contributed by atoms with Crippen LogP contribution in [0.3, 0.4) is 0 Å². The summed E-state index contributed by atoms with van der Waals surface area (Å²) in [4.78, 5) is 34.3. The topological polar surface area (TPSA) is 84.1 Å². The van der Waals surface area contributed by atoms with E-state index in [1.807, 2.05) is 30.5 Å². The fourth-order valence-corrected chi connectivity index (χ4v) is 4.02. The van der Waals surface area contributed by atoms with Crippen LogP contribution in [0.4, 0.5) is 0 Å². The van der Waals surface area contributed by atoms with Gasteiger partial charge < -0.3 is 9.40 Å². The van der Waals surface area contributed by atoms with Crippen molar-refractivity contribution in [2.45, 2.75) is 26.4 Å². The van der Waals surface area contributed by atoms with Gasteiger partial charge in [-0.3, -0.25) is 19.1 Å². The Morgan fingerprint density at radius 2 is 2.10 bits per heavy atom. The van der Waals surface area contributed by atoms with Crippen molar-refractivity contribution in [3.8, 4) is 11.6 Å². The largest absolute Gasteiger partial charge is 0.461 e. The molecule has 4 aromatic rings. The molecule has 1 aliphatic rings. The Morgan fingerprint density at radius 3 is 2.90 bits per heavy atom. The van der Waals surface area contributed by atoms with Crippen molar-refractivity contribution < 1.29 is 9.21 Å². The SMILES string of the molecule is CC(=O)n1cc(CN2CCc3nc(-c4ccco4)[nH]c(=O)c3C2)c2ccccc21. The number of carbonyl (C=O) groups is 1. The summed E-state index contributed by atoms with van der Waals surface area (Å²) >= 11 is 0. The number of para-hydroxylation sites is 1. The minimum atomic E-state index is -0.128. The van der Waals surface area contributed by atoms with Crippen LogP contribution in [0.15, 0.2) is 58.1 Å². The second kappa shape index (κ2) is 6.86. The van der Waals surface area contributed by atoms with Crippen LogP contribution >= 0.6 is 0 Å². The van der Waals surface area contributed by atoms with Gasteiger partial charge in [0.25, 0.3) is 5.56 Å². The van der Waals surface area contributed by atoms with E-state index in [0.29, 0.717) is 36.7 Å². The lowest BCUT2D eigenvalue weighted by Gasteiger charge is -2.27. The van der Waals surface area contributed by atoms with Gasteiger partial charge in [0.2, 0.25) is 5.91 Å². The zero-order chi connectivity index (χ0) is 20.0. The van der Waals surface area contributed by atoms with Crippen molar-refractivity contribution >= 4 is 16.8 Å². The highest BCUT2D eigenvalue weighted by Gasteiger charge is 2.23. The van der Waals surface area contributed by atoms with E-state index in [-0.39, 0.29) is 11.5 Å². The molecule has 1 N–H and O–H groups in total. The summed E-state index contributed by atoms with van der Waals surface area (Å²) in [5.74, 6) is 1.02. The Balaban J connectivity index is 1.44. The molecule has 0 spiro atoms. The summed E-state index contributed by atoms with van der Waals surface area (Å²) in [6.07, 6.45) is 4.16. The van der Waals surface area contributed by atoms with E-state index in [1.165, 1.54) is 0 Å². The van der Waals surface area contributed by atoms with Gasteiger partial charge in [-0.15, -0.1) is 0 Å². The number of furan rings is 1. The van der Waals surface area contributed by atoms with E-state index in [2.05, 4.69) is 14.9 Å². The molecule has 4 heterocycles. The number of H-pyrrole nitrogens is 1. The van der Waals surface area contributed by atoms with Crippen molar-refractivity contribution in [2.75, 3.05) is 6.54 Å². The van der Waals surface area contributed by atoms with Gasteiger partial charge in [-0.2, -0.15) is 0 Å². The maximum atomic E-state index is 12.7. The smallest absolute Gasteiger partial charge is 0.256 e. The molecule has 7 nitrogen and oxygen atoms in total. The quantitative estimate of drug-likeness (QED) is 0.583. The third kappa shape index (κ3) is 3.09. The maximum Gasteiger partial charge on any atom is 0.256 e. The van der Waals surface area contributed by atoms with Gasteiger partial charge in [0, 0.05) is 44.6 Å². The van der Waals surface area contributed by atoms with E-state index in [9.17, 15) is 9.59 Å². The van der Waals surface area contributed by atoms with Crippen LogP contribution in [0.2, 0.25) is 0 Å². The summed E-state index contributed by atoms with van der Waals surface area (Å²) in [6.45, 7) is 3.55. The number of hydrogen-bond acceptors (Lipinski definition) is 5. The molecule has 3 aromatic heterocycles. The molecular formula is C22H20N4O3. The molecule has 29 heavy (non-hydrogen) atoms. The van der Waals surface area contributed by atoms with Crippen molar-refractivity contribution in [1.29, 1.82) is 0 Å². The van der Waals surface area contributed by atoms with Gasteiger partial charge in [0.1, 0.15) is 0 Å². The predicted octanol–water partition coefficient (Wildman–Crippen LogP) is 3.20. The van der Waals surface area contributed by atoms with E-state index < -0.39 is 0 Å². The average molecular weight is 388 g/mol. The van der Waals surface area contributed by atoms with E-state index >= 15 is 0 Å². The second-order valence-corrected chi connectivity index (χ2v) is 7.34. The number of hydrogen-bond donors (Lipinski definition) is 1. The van der Waals surface area contributed by atoms with Crippen LogP contribution in [0.25, 0.3) is 22.5 Å². The molecule has 0 saturated heterocycles. The number of rotatable bonds is 3.